The van der Waals surface area contributed by atoms with Crippen molar-refractivity contribution in [2.75, 3.05) is 0 Å². The first-order valence-electron chi connectivity index (χ1n) is 10.1. The molecule has 2 atom stereocenters. The van der Waals surface area contributed by atoms with Gasteiger partial charge in [-0.25, -0.2) is 4.79 Å². The molecule has 0 radical (unpaired) electrons. The quantitative estimate of drug-likeness (QED) is 0.641. The van der Waals surface area contributed by atoms with Gasteiger partial charge in [-0.2, -0.15) is 0 Å². The van der Waals surface area contributed by atoms with Crippen LogP contribution in [-0.2, 0) is 16.1 Å². The van der Waals surface area contributed by atoms with Gasteiger partial charge in [-0.1, -0.05) is 48.6 Å². The fourth-order valence-electron chi connectivity index (χ4n) is 4.48. The van der Waals surface area contributed by atoms with E-state index in [-0.39, 0.29) is 5.57 Å². The smallest absolute Gasteiger partial charge is 0.332 e. The van der Waals surface area contributed by atoms with E-state index >= 15 is 0 Å². The molecule has 0 aliphatic heterocycles. The Morgan fingerprint density at radius 3 is 2.48 bits per heavy atom. The Labute approximate surface area is 180 Å². The summed E-state index contributed by atoms with van der Waals surface area (Å²) < 4.78 is 2.11. The van der Waals surface area contributed by atoms with Crippen molar-refractivity contribution in [2.45, 2.75) is 33.2 Å². The number of allylic oxidation sites excluding steroid dienone is 2. The second-order valence-electron chi connectivity index (χ2n) is 8.18. The van der Waals surface area contributed by atoms with Crippen LogP contribution in [0, 0.1) is 19.3 Å². The van der Waals surface area contributed by atoms with Gasteiger partial charge in [-0.15, -0.1) is 0 Å². The Morgan fingerprint density at radius 1 is 1.13 bits per heavy atom. The van der Waals surface area contributed by atoms with Crippen LogP contribution in [0.4, 0.5) is 0 Å². The van der Waals surface area contributed by atoms with Gasteiger partial charge < -0.3 is 14.8 Å². The molecule has 0 saturated heterocycles. The van der Waals surface area contributed by atoms with Gasteiger partial charge >= 0.3 is 11.9 Å². The van der Waals surface area contributed by atoms with Crippen LogP contribution in [-0.4, -0.2) is 31.7 Å². The van der Waals surface area contributed by atoms with E-state index in [4.69, 9.17) is 0 Å². The minimum absolute atomic E-state index is 0.0233. The van der Waals surface area contributed by atoms with E-state index in [2.05, 4.69) is 9.55 Å². The Hall–Kier alpha value is -3.67. The minimum Gasteiger partial charge on any atom is -0.481 e. The van der Waals surface area contributed by atoms with Crippen molar-refractivity contribution in [3.63, 3.8) is 0 Å². The second kappa shape index (κ2) is 7.54. The molecule has 0 fully saturated rings. The van der Waals surface area contributed by atoms with Crippen LogP contribution >= 0.6 is 0 Å². The molecule has 0 bridgehead atoms. The summed E-state index contributed by atoms with van der Waals surface area (Å²) in [6.07, 6.45) is 6.17. The highest BCUT2D eigenvalue weighted by Crippen LogP contribution is 2.47. The van der Waals surface area contributed by atoms with Gasteiger partial charge in [0, 0.05) is 29.4 Å². The first kappa shape index (κ1) is 20.6. The number of fused-ring (bicyclic) bond motifs is 1. The monoisotopic (exact) mass is 416 g/mol. The highest BCUT2D eigenvalue weighted by atomic mass is 16.4. The lowest BCUT2D eigenvalue weighted by atomic mass is 9.68. The van der Waals surface area contributed by atoms with Crippen LogP contribution in [0.5, 0.6) is 0 Å². The van der Waals surface area contributed by atoms with Gasteiger partial charge in [-0.3, -0.25) is 9.78 Å². The minimum atomic E-state index is -1.44. The number of aromatic nitrogens is 2. The molecule has 2 aromatic heterocycles. The number of aryl methyl sites for hydroxylation is 1. The van der Waals surface area contributed by atoms with E-state index < -0.39 is 23.3 Å². The summed E-state index contributed by atoms with van der Waals surface area (Å²) in [5, 5.41) is 20.9. The SMILES string of the molecule is Cc1c(C)n(Cc2ccccc2)c2c(C3C(C(=O)O)=CC=CC3(C)C(=O)O)nccc12. The molecule has 2 unspecified atom stereocenters. The van der Waals surface area contributed by atoms with E-state index in [1.54, 1.807) is 19.2 Å². The average Bonchev–Trinajstić information content (AvgIpc) is 2.99. The van der Waals surface area contributed by atoms with Gasteiger partial charge in [0.2, 0.25) is 0 Å². The molecule has 1 aliphatic rings. The van der Waals surface area contributed by atoms with Gasteiger partial charge in [0.1, 0.15) is 0 Å². The molecule has 1 aromatic carbocycles. The first-order chi connectivity index (χ1) is 14.8. The van der Waals surface area contributed by atoms with Crippen molar-refractivity contribution in [3.8, 4) is 0 Å². The number of pyridine rings is 1. The zero-order chi connectivity index (χ0) is 22.3. The van der Waals surface area contributed by atoms with Crippen molar-refractivity contribution in [2.24, 2.45) is 5.41 Å². The average molecular weight is 416 g/mol. The zero-order valence-electron chi connectivity index (χ0n) is 17.7. The van der Waals surface area contributed by atoms with Crippen molar-refractivity contribution in [1.29, 1.82) is 0 Å². The van der Waals surface area contributed by atoms with Crippen molar-refractivity contribution in [1.82, 2.24) is 9.55 Å². The van der Waals surface area contributed by atoms with Crippen LogP contribution in [0.1, 0.15) is 35.4 Å². The largest absolute Gasteiger partial charge is 0.481 e. The maximum Gasteiger partial charge on any atom is 0.332 e. The summed E-state index contributed by atoms with van der Waals surface area (Å²) in [4.78, 5) is 29.0. The molecule has 0 saturated carbocycles. The molecule has 0 amide bonds. The molecule has 1 aliphatic carbocycles. The number of carboxylic acid groups (broad SMARTS) is 2. The number of carbonyl (C=O) groups is 2. The number of aliphatic carboxylic acids is 2. The van der Waals surface area contributed by atoms with E-state index in [9.17, 15) is 19.8 Å². The first-order valence-corrected chi connectivity index (χ1v) is 10.1. The van der Waals surface area contributed by atoms with Crippen LogP contribution in [0.3, 0.4) is 0 Å². The van der Waals surface area contributed by atoms with Crippen LogP contribution < -0.4 is 0 Å². The highest BCUT2D eigenvalue weighted by molar-refractivity contribution is 5.96. The van der Waals surface area contributed by atoms with Gasteiger partial charge in [-0.05, 0) is 38.0 Å². The maximum atomic E-state index is 12.3. The third kappa shape index (κ3) is 3.24. The third-order valence-electron chi connectivity index (χ3n) is 6.37. The van der Waals surface area contributed by atoms with Gasteiger partial charge in [0.25, 0.3) is 0 Å². The number of hydrogen-bond donors (Lipinski definition) is 2. The lowest BCUT2D eigenvalue weighted by Gasteiger charge is -2.34. The molecule has 4 rings (SSSR count). The maximum absolute atomic E-state index is 12.3. The lowest BCUT2D eigenvalue weighted by Crippen LogP contribution is -2.37. The summed E-state index contributed by atoms with van der Waals surface area (Å²) in [6.45, 7) is 6.17. The normalized spacial score (nSPS) is 20.6. The van der Waals surface area contributed by atoms with E-state index in [0.29, 0.717) is 12.2 Å². The molecular formula is C25H24N2O4. The molecule has 2 heterocycles. The Kier molecular flexibility index (Phi) is 5.01. The predicted molar refractivity (Wildman–Crippen MR) is 118 cm³/mol. The molecule has 31 heavy (non-hydrogen) atoms. The molecule has 6 nitrogen and oxygen atoms in total. The number of carboxylic acids is 2. The fraction of sp³-hybridized carbons (Fsp3) is 0.240. The lowest BCUT2D eigenvalue weighted by molar-refractivity contribution is -0.146. The van der Waals surface area contributed by atoms with Crippen molar-refractivity contribution < 1.29 is 19.8 Å². The van der Waals surface area contributed by atoms with Crippen molar-refractivity contribution >= 4 is 22.8 Å². The second-order valence-corrected chi connectivity index (χ2v) is 8.18. The van der Waals surface area contributed by atoms with Crippen molar-refractivity contribution in [3.05, 3.63) is 88.9 Å². The Morgan fingerprint density at radius 2 is 1.84 bits per heavy atom. The summed E-state index contributed by atoms with van der Waals surface area (Å²) in [5.74, 6) is -3.16. The van der Waals surface area contributed by atoms with Gasteiger partial charge in [0.05, 0.1) is 22.5 Å². The molecule has 158 valence electrons. The molecular weight excluding hydrogens is 392 g/mol. The predicted octanol–water partition coefficient (Wildman–Crippen LogP) is 4.46. The zero-order valence-corrected chi connectivity index (χ0v) is 17.7. The Balaban J connectivity index is 2.02. The third-order valence-corrected chi connectivity index (χ3v) is 6.37. The number of hydrogen-bond acceptors (Lipinski definition) is 3. The van der Waals surface area contributed by atoms with Crippen LogP contribution in [0.15, 0.2) is 66.4 Å². The summed E-state index contributed by atoms with van der Waals surface area (Å²) in [7, 11) is 0. The number of nitrogens with zero attached hydrogens (tertiary/aromatic N) is 2. The Bertz CT molecular complexity index is 1250. The summed E-state index contributed by atoms with van der Waals surface area (Å²) in [5.41, 5.74) is 3.03. The molecule has 2 N–H and O–H groups in total. The van der Waals surface area contributed by atoms with Crippen LogP contribution in [0.25, 0.3) is 10.9 Å². The summed E-state index contributed by atoms with van der Waals surface area (Å²) in [6, 6.07) is 11.9. The molecule has 6 heteroatoms. The van der Waals surface area contributed by atoms with E-state index in [1.165, 1.54) is 12.2 Å². The van der Waals surface area contributed by atoms with E-state index in [1.807, 2.05) is 50.2 Å². The number of benzene rings is 1. The highest BCUT2D eigenvalue weighted by Gasteiger charge is 2.47. The van der Waals surface area contributed by atoms with E-state index in [0.717, 1.165) is 27.7 Å². The molecule has 0 spiro atoms. The number of rotatable bonds is 5. The molecule has 3 aromatic rings. The topological polar surface area (TPSA) is 92.4 Å². The standard InChI is InChI=1S/C25H24N2O4/c1-15-16(2)27(14-17-8-5-4-6-9-17)22-18(15)11-13-26-21(22)20-19(23(28)29)10-7-12-25(20,3)24(30)31/h4-13,20H,14H2,1-3H3,(H,28,29)(H,30,31). The summed E-state index contributed by atoms with van der Waals surface area (Å²) >= 11 is 0. The van der Waals surface area contributed by atoms with Crippen LogP contribution in [0.2, 0.25) is 0 Å². The van der Waals surface area contributed by atoms with Gasteiger partial charge in [0.15, 0.2) is 0 Å². The fourth-order valence-corrected chi connectivity index (χ4v) is 4.48.